The van der Waals surface area contributed by atoms with Crippen molar-refractivity contribution >= 4 is 5.82 Å². The Morgan fingerprint density at radius 2 is 1.41 bits per heavy atom. The van der Waals surface area contributed by atoms with Crippen LogP contribution in [0.15, 0.2) is 30.3 Å². The van der Waals surface area contributed by atoms with Gasteiger partial charge in [-0.15, -0.1) is 0 Å². The molecule has 0 radical (unpaired) electrons. The van der Waals surface area contributed by atoms with E-state index in [1.54, 1.807) is 0 Å². The van der Waals surface area contributed by atoms with E-state index in [1.807, 2.05) is 0 Å². The second-order valence-electron chi connectivity index (χ2n) is 9.86. The maximum atomic E-state index is 5.00. The molecule has 1 heterocycles. The van der Waals surface area contributed by atoms with Crippen LogP contribution in [-0.4, -0.2) is 11.5 Å². The molecule has 0 bridgehead atoms. The van der Waals surface area contributed by atoms with Crippen LogP contribution in [0.2, 0.25) is 0 Å². The van der Waals surface area contributed by atoms with Gasteiger partial charge in [0.15, 0.2) is 0 Å². The molecular formula is C25H38N2. The summed E-state index contributed by atoms with van der Waals surface area (Å²) in [6, 6.07) is 11.1. The third-order valence-electron chi connectivity index (χ3n) is 4.94. The van der Waals surface area contributed by atoms with E-state index in [0.717, 1.165) is 18.1 Å². The van der Waals surface area contributed by atoms with E-state index >= 15 is 0 Å². The number of nitrogens with zero attached hydrogens (tertiary/aromatic N) is 1. The van der Waals surface area contributed by atoms with E-state index < -0.39 is 0 Å². The summed E-state index contributed by atoms with van der Waals surface area (Å²) in [6.45, 7) is 21.3. The van der Waals surface area contributed by atoms with Gasteiger partial charge in [-0.25, -0.2) is 4.98 Å². The van der Waals surface area contributed by atoms with Gasteiger partial charge in [-0.05, 0) is 52.0 Å². The molecule has 27 heavy (non-hydrogen) atoms. The molecule has 0 amide bonds. The Morgan fingerprint density at radius 1 is 0.852 bits per heavy atom. The van der Waals surface area contributed by atoms with E-state index in [-0.39, 0.29) is 5.41 Å². The standard InChI is InChI=1S/C25H38N2/c1-16(2)19-13-20(17(3)4)24(21(14-19)18(5)6)22-11-10-12-23(27-22)26-15-25(7,8)9/h10-14,16-18H,15H2,1-9H3,(H,26,27). The average Bonchev–Trinajstić information content (AvgIpc) is 2.58. The van der Waals surface area contributed by atoms with Gasteiger partial charge in [-0.1, -0.05) is 80.5 Å². The number of aromatic nitrogens is 1. The quantitative estimate of drug-likeness (QED) is 0.570. The Kier molecular flexibility index (Phi) is 6.72. The molecule has 0 aliphatic rings. The fourth-order valence-corrected chi connectivity index (χ4v) is 3.28. The van der Waals surface area contributed by atoms with Crippen LogP contribution in [0.3, 0.4) is 0 Å². The third kappa shape index (κ3) is 5.57. The summed E-state index contributed by atoms with van der Waals surface area (Å²) >= 11 is 0. The lowest BCUT2D eigenvalue weighted by Gasteiger charge is -2.23. The number of benzene rings is 1. The Morgan fingerprint density at radius 3 is 1.85 bits per heavy atom. The minimum absolute atomic E-state index is 0.225. The SMILES string of the molecule is CC(C)c1cc(C(C)C)c(-c2cccc(NCC(C)(C)C)n2)c(C(C)C)c1. The van der Waals surface area contributed by atoms with Gasteiger partial charge in [0.1, 0.15) is 5.82 Å². The zero-order valence-corrected chi connectivity index (χ0v) is 18.8. The molecule has 2 heteroatoms. The Labute approximate surface area is 166 Å². The molecule has 0 atom stereocenters. The second kappa shape index (κ2) is 8.46. The first kappa shape index (κ1) is 21.5. The van der Waals surface area contributed by atoms with Crippen molar-refractivity contribution < 1.29 is 0 Å². The first-order chi connectivity index (χ1) is 12.5. The maximum Gasteiger partial charge on any atom is 0.126 e. The lowest BCUT2D eigenvalue weighted by Crippen LogP contribution is -2.19. The van der Waals surface area contributed by atoms with Gasteiger partial charge in [0.25, 0.3) is 0 Å². The number of anilines is 1. The third-order valence-corrected chi connectivity index (χ3v) is 4.94. The Bertz CT molecular complexity index is 735. The van der Waals surface area contributed by atoms with E-state index in [0.29, 0.717) is 17.8 Å². The van der Waals surface area contributed by atoms with Gasteiger partial charge in [0.05, 0.1) is 5.69 Å². The first-order valence-electron chi connectivity index (χ1n) is 10.4. The monoisotopic (exact) mass is 366 g/mol. The van der Waals surface area contributed by atoms with E-state index in [9.17, 15) is 0 Å². The topological polar surface area (TPSA) is 24.9 Å². The largest absolute Gasteiger partial charge is 0.370 e. The lowest BCUT2D eigenvalue weighted by molar-refractivity contribution is 0.442. The maximum absolute atomic E-state index is 5.00. The van der Waals surface area contributed by atoms with Crippen molar-refractivity contribution in [3.8, 4) is 11.3 Å². The number of nitrogens with one attached hydrogen (secondary N) is 1. The molecule has 2 nitrogen and oxygen atoms in total. The molecule has 2 rings (SSSR count). The Hall–Kier alpha value is -1.83. The van der Waals surface area contributed by atoms with Crippen molar-refractivity contribution in [2.45, 2.75) is 80.1 Å². The number of rotatable bonds is 6. The minimum Gasteiger partial charge on any atom is -0.370 e. The first-order valence-corrected chi connectivity index (χ1v) is 10.4. The summed E-state index contributed by atoms with van der Waals surface area (Å²) in [5.74, 6) is 2.41. The summed E-state index contributed by atoms with van der Waals surface area (Å²) in [5, 5.41) is 3.51. The molecule has 1 N–H and O–H groups in total. The van der Waals surface area contributed by atoms with Crippen molar-refractivity contribution in [2.24, 2.45) is 5.41 Å². The fraction of sp³-hybridized carbons (Fsp3) is 0.560. The molecule has 0 fully saturated rings. The molecule has 2 aromatic rings. The van der Waals surface area contributed by atoms with Crippen molar-refractivity contribution in [1.29, 1.82) is 0 Å². The summed E-state index contributed by atoms with van der Waals surface area (Å²) in [7, 11) is 0. The van der Waals surface area contributed by atoms with Crippen molar-refractivity contribution in [2.75, 3.05) is 11.9 Å². The van der Waals surface area contributed by atoms with E-state index in [4.69, 9.17) is 4.98 Å². The van der Waals surface area contributed by atoms with Crippen LogP contribution in [0.25, 0.3) is 11.3 Å². The normalized spacial score (nSPS) is 12.3. The van der Waals surface area contributed by atoms with Crippen molar-refractivity contribution in [1.82, 2.24) is 4.98 Å². The molecule has 0 spiro atoms. The minimum atomic E-state index is 0.225. The summed E-state index contributed by atoms with van der Waals surface area (Å²) in [4.78, 5) is 5.00. The van der Waals surface area contributed by atoms with Crippen LogP contribution in [0.1, 0.15) is 96.8 Å². The number of hydrogen-bond donors (Lipinski definition) is 1. The molecule has 148 valence electrons. The van der Waals surface area contributed by atoms with Crippen LogP contribution in [0.5, 0.6) is 0 Å². The van der Waals surface area contributed by atoms with Gasteiger partial charge >= 0.3 is 0 Å². The molecule has 0 aliphatic carbocycles. The number of hydrogen-bond acceptors (Lipinski definition) is 2. The van der Waals surface area contributed by atoms with Gasteiger partial charge in [0, 0.05) is 12.1 Å². The molecule has 0 saturated carbocycles. The molecule has 1 aromatic heterocycles. The zero-order chi connectivity index (χ0) is 20.4. The van der Waals surface area contributed by atoms with Crippen molar-refractivity contribution in [3.05, 3.63) is 47.0 Å². The average molecular weight is 367 g/mol. The van der Waals surface area contributed by atoms with Crippen LogP contribution in [0.4, 0.5) is 5.82 Å². The fourth-order valence-electron chi connectivity index (χ4n) is 3.28. The molecule has 0 aliphatic heterocycles. The smallest absolute Gasteiger partial charge is 0.126 e. The van der Waals surface area contributed by atoms with Crippen LogP contribution in [0, 0.1) is 5.41 Å². The molecular weight excluding hydrogens is 328 g/mol. The highest BCUT2D eigenvalue weighted by molar-refractivity contribution is 5.71. The van der Waals surface area contributed by atoms with Crippen LogP contribution >= 0.6 is 0 Å². The number of pyridine rings is 1. The van der Waals surface area contributed by atoms with Gasteiger partial charge < -0.3 is 5.32 Å². The predicted molar refractivity (Wildman–Crippen MR) is 120 cm³/mol. The Balaban J connectivity index is 2.59. The van der Waals surface area contributed by atoms with Gasteiger partial charge in [-0.2, -0.15) is 0 Å². The summed E-state index contributed by atoms with van der Waals surface area (Å²) in [6.07, 6.45) is 0. The van der Waals surface area contributed by atoms with Crippen molar-refractivity contribution in [3.63, 3.8) is 0 Å². The molecule has 1 aromatic carbocycles. The highest BCUT2D eigenvalue weighted by atomic mass is 15.0. The van der Waals surface area contributed by atoms with Crippen LogP contribution in [-0.2, 0) is 0 Å². The van der Waals surface area contributed by atoms with Gasteiger partial charge in [-0.3, -0.25) is 0 Å². The highest BCUT2D eigenvalue weighted by Crippen LogP contribution is 2.38. The van der Waals surface area contributed by atoms with Crippen LogP contribution < -0.4 is 5.32 Å². The highest BCUT2D eigenvalue weighted by Gasteiger charge is 2.19. The summed E-state index contributed by atoms with van der Waals surface area (Å²) in [5.41, 5.74) is 6.87. The molecule has 0 unspecified atom stereocenters. The predicted octanol–water partition coefficient (Wildman–Crippen LogP) is 7.58. The van der Waals surface area contributed by atoms with E-state index in [1.165, 1.54) is 22.3 Å². The second-order valence-corrected chi connectivity index (χ2v) is 9.86. The lowest BCUT2D eigenvalue weighted by atomic mass is 9.83. The summed E-state index contributed by atoms with van der Waals surface area (Å²) < 4.78 is 0. The zero-order valence-electron chi connectivity index (χ0n) is 18.8. The molecule has 0 saturated heterocycles. The van der Waals surface area contributed by atoms with Gasteiger partial charge in [0.2, 0.25) is 0 Å². The van der Waals surface area contributed by atoms with E-state index in [2.05, 4.69) is 98.0 Å².